The Morgan fingerprint density at radius 3 is 2.58 bits per heavy atom. The van der Waals surface area contributed by atoms with E-state index in [2.05, 4.69) is 21.2 Å². The van der Waals surface area contributed by atoms with Gasteiger partial charge in [-0.2, -0.15) is 0 Å². The lowest BCUT2D eigenvalue weighted by atomic mass is 10.2. The first kappa shape index (κ1) is 13.7. The molecule has 2 nitrogen and oxygen atoms in total. The molecule has 0 aromatic heterocycles. The molecule has 0 spiro atoms. The minimum atomic E-state index is -0.509. The van der Waals surface area contributed by atoms with Crippen molar-refractivity contribution >= 4 is 21.8 Å². The fraction of sp³-hybridized carbons (Fsp3) is 0.0714. The summed E-state index contributed by atoms with van der Waals surface area (Å²) in [7, 11) is 0. The van der Waals surface area contributed by atoms with Crippen LogP contribution in [-0.4, -0.2) is 5.91 Å². The van der Waals surface area contributed by atoms with E-state index in [-0.39, 0.29) is 17.9 Å². The van der Waals surface area contributed by atoms with Crippen LogP contribution in [-0.2, 0) is 6.54 Å². The van der Waals surface area contributed by atoms with Gasteiger partial charge in [-0.05, 0) is 24.3 Å². The van der Waals surface area contributed by atoms with Gasteiger partial charge in [-0.3, -0.25) is 4.79 Å². The summed E-state index contributed by atoms with van der Waals surface area (Å²) < 4.78 is 27.0. The Balaban J connectivity index is 2.08. The van der Waals surface area contributed by atoms with Crippen molar-refractivity contribution in [3.63, 3.8) is 0 Å². The summed E-state index contributed by atoms with van der Waals surface area (Å²) in [5.74, 6) is -1.35. The van der Waals surface area contributed by atoms with Crippen LogP contribution in [0.1, 0.15) is 15.9 Å². The van der Waals surface area contributed by atoms with Crippen LogP contribution < -0.4 is 5.32 Å². The number of benzene rings is 2. The van der Waals surface area contributed by atoms with Crippen LogP contribution in [0.25, 0.3) is 0 Å². The van der Waals surface area contributed by atoms with Crippen LogP contribution in [0.15, 0.2) is 46.9 Å². The van der Waals surface area contributed by atoms with Gasteiger partial charge in [0, 0.05) is 22.1 Å². The molecule has 1 N–H and O–H groups in total. The molecule has 0 saturated carbocycles. The van der Waals surface area contributed by atoms with Gasteiger partial charge < -0.3 is 5.32 Å². The molecule has 5 heteroatoms. The molecule has 2 aromatic rings. The van der Waals surface area contributed by atoms with Crippen molar-refractivity contribution in [1.82, 2.24) is 5.32 Å². The molecule has 0 aliphatic carbocycles. The van der Waals surface area contributed by atoms with Gasteiger partial charge in [0.2, 0.25) is 0 Å². The summed E-state index contributed by atoms with van der Waals surface area (Å²) in [6.45, 7) is 0.0552. The normalized spacial score (nSPS) is 10.3. The molecule has 0 atom stereocenters. The zero-order chi connectivity index (χ0) is 13.8. The van der Waals surface area contributed by atoms with Gasteiger partial charge in [-0.15, -0.1) is 0 Å². The van der Waals surface area contributed by atoms with Crippen LogP contribution in [0.2, 0.25) is 0 Å². The highest BCUT2D eigenvalue weighted by molar-refractivity contribution is 9.10. The zero-order valence-corrected chi connectivity index (χ0v) is 11.4. The Morgan fingerprint density at radius 1 is 1.16 bits per heavy atom. The summed E-state index contributed by atoms with van der Waals surface area (Å²) in [5, 5.41) is 2.54. The summed E-state index contributed by atoms with van der Waals surface area (Å²) in [4.78, 5) is 11.8. The van der Waals surface area contributed by atoms with E-state index < -0.39 is 11.7 Å². The summed E-state index contributed by atoms with van der Waals surface area (Å²) in [6.07, 6.45) is 0. The van der Waals surface area contributed by atoms with Crippen LogP contribution in [0.4, 0.5) is 8.78 Å². The highest BCUT2D eigenvalue weighted by Gasteiger charge is 2.09. The third kappa shape index (κ3) is 3.61. The molecule has 98 valence electrons. The van der Waals surface area contributed by atoms with Crippen LogP contribution in [0.3, 0.4) is 0 Å². The first-order chi connectivity index (χ1) is 9.06. The van der Waals surface area contributed by atoms with E-state index in [1.807, 2.05) is 0 Å². The molecule has 0 unspecified atom stereocenters. The number of hydrogen-bond donors (Lipinski definition) is 1. The van der Waals surface area contributed by atoms with Crippen molar-refractivity contribution in [3.05, 3.63) is 69.7 Å². The topological polar surface area (TPSA) is 29.1 Å². The van der Waals surface area contributed by atoms with Crippen LogP contribution in [0, 0.1) is 11.6 Å². The SMILES string of the molecule is O=C(NCc1ccccc1F)c1cc(F)cc(Br)c1. The number of carbonyl (C=O) groups is 1. The molecule has 0 saturated heterocycles. The molecule has 0 heterocycles. The molecule has 0 aliphatic rings. The number of rotatable bonds is 3. The Morgan fingerprint density at radius 2 is 1.89 bits per heavy atom. The van der Waals surface area contributed by atoms with Gasteiger partial charge in [0.25, 0.3) is 5.91 Å². The molecule has 2 rings (SSSR count). The quantitative estimate of drug-likeness (QED) is 0.916. The van der Waals surface area contributed by atoms with Crippen molar-refractivity contribution in [2.45, 2.75) is 6.54 Å². The van der Waals surface area contributed by atoms with E-state index in [0.717, 1.165) is 6.07 Å². The average molecular weight is 326 g/mol. The second-order valence-electron chi connectivity index (χ2n) is 3.93. The van der Waals surface area contributed by atoms with E-state index in [1.54, 1.807) is 18.2 Å². The van der Waals surface area contributed by atoms with E-state index in [4.69, 9.17) is 0 Å². The predicted molar refractivity (Wildman–Crippen MR) is 71.7 cm³/mol. The average Bonchev–Trinajstić information content (AvgIpc) is 2.36. The van der Waals surface area contributed by atoms with Crippen LogP contribution in [0.5, 0.6) is 0 Å². The highest BCUT2D eigenvalue weighted by Crippen LogP contribution is 2.15. The smallest absolute Gasteiger partial charge is 0.251 e. The van der Waals surface area contributed by atoms with Gasteiger partial charge >= 0.3 is 0 Å². The summed E-state index contributed by atoms with van der Waals surface area (Å²) in [5.41, 5.74) is 0.564. The Kier molecular flexibility index (Phi) is 4.27. The number of hydrogen-bond acceptors (Lipinski definition) is 1. The van der Waals surface area contributed by atoms with Crippen molar-refractivity contribution in [2.24, 2.45) is 0 Å². The first-order valence-corrected chi connectivity index (χ1v) is 6.33. The van der Waals surface area contributed by atoms with Crippen molar-refractivity contribution in [2.75, 3.05) is 0 Å². The summed E-state index contributed by atoms with van der Waals surface area (Å²) >= 11 is 3.11. The largest absolute Gasteiger partial charge is 0.348 e. The van der Waals surface area contributed by atoms with E-state index in [9.17, 15) is 13.6 Å². The number of nitrogens with one attached hydrogen (secondary N) is 1. The molecule has 1 amide bonds. The third-order valence-corrected chi connectivity index (χ3v) is 2.98. The minimum absolute atomic E-state index is 0.0552. The maximum Gasteiger partial charge on any atom is 0.251 e. The lowest BCUT2D eigenvalue weighted by Gasteiger charge is -2.07. The molecular weight excluding hydrogens is 316 g/mol. The maximum absolute atomic E-state index is 13.4. The second-order valence-corrected chi connectivity index (χ2v) is 4.85. The molecule has 19 heavy (non-hydrogen) atoms. The summed E-state index contributed by atoms with van der Waals surface area (Å²) in [6, 6.07) is 10.0. The molecule has 0 aliphatic heterocycles. The third-order valence-electron chi connectivity index (χ3n) is 2.52. The van der Waals surface area contributed by atoms with E-state index >= 15 is 0 Å². The maximum atomic E-state index is 13.4. The number of halogens is 3. The Bertz CT molecular complexity index is 596. The molecule has 0 radical (unpaired) electrons. The van der Waals surface area contributed by atoms with Gasteiger partial charge in [-0.1, -0.05) is 34.1 Å². The monoisotopic (exact) mass is 325 g/mol. The van der Waals surface area contributed by atoms with Gasteiger partial charge in [0.15, 0.2) is 0 Å². The lowest BCUT2D eigenvalue weighted by molar-refractivity contribution is 0.0950. The Hall–Kier alpha value is -1.75. The first-order valence-electron chi connectivity index (χ1n) is 5.54. The standard InChI is InChI=1S/C14H10BrF2NO/c15-11-5-10(6-12(16)7-11)14(19)18-8-9-3-1-2-4-13(9)17/h1-7H,8H2,(H,18,19). The molecule has 2 aromatic carbocycles. The van der Waals surface area contributed by atoms with Crippen molar-refractivity contribution < 1.29 is 13.6 Å². The van der Waals surface area contributed by atoms with Crippen molar-refractivity contribution in [3.8, 4) is 0 Å². The van der Waals surface area contributed by atoms with Gasteiger partial charge in [0.1, 0.15) is 11.6 Å². The highest BCUT2D eigenvalue weighted by atomic mass is 79.9. The van der Waals surface area contributed by atoms with E-state index in [1.165, 1.54) is 18.2 Å². The van der Waals surface area contributed by atoms with Crippen LogP contribution >= 0.6 is 15.9 Å². The van der Waals surface area contributed by atoms with Crippen molar-refractivity contribution in [1.29, 1.82) is 0 Å². The Labute approximate surface area is 117 Å². The predicted octanol–water partition coefficient (Wildman–Crippen LogP) is 3.66. The zero-order valence-electron chi connectivity index (χ0n) is 9.79. The minimum Gasteiger partial charge on any atom is -0.348 e. The van der Waals surface area contributed by atoms with E-state index in [0.29, 0.717) is 10.0 Å². The molecular formula is C14H10BrF2NO. The van der Waals surface area contributed by atoms with Gasteiger partial charge in [-0.25, -0.2) is 8.78 Å². The fourth-order valence-electron chi connectivity index (χ4n) is 1.60. The molecule has 0 fully saturated rings. The second kappa shape index (κ2) is 5.93. The van der Waals surface area contributed by atoms with Gasteiger partial charge in [0.05, 0.1) is 0 Å². The molecule has 0 bridgehead atoms. The lowest BCUT2D eigenvalue weighted by Crippen LogP contribution is -2.23. The fourth-order valence-corrected chi connectivity index (χ4v) is 2.07. The number of carbonyl (C=O) groups excluding carboxylic acids is 1. The number of amides is 1.